The second-order valence-corrected chi connectivity index (χ2v) is 17.1. The summed E-state index contributed by atoms with van der Waals surface area (Å²) in [5, 5.41) is 12.4. The van der Waals surface area contributed by atoms with Gasteiger partial charge in [-0.15, -0.1) is 0 Å². The van der Waals surface area contributed by atoms with E-state index in [0.29, 0.717) is 0 Å². The normalized spacial score (nSPS) is 11.7. The molecule has 0 saturated heterocycles. The van der Waals surface area contributed by atoms with Crippen molar-refractivity contribution in [3.8, 4) is 61.6 Å². The molecule has 0 spiro atoms. The van der Waals surface area contributed by atoms with Crippen LogP contribution in [0.4, 0.5) is 0 Å². The molecule has 302 valence electrons. The van der Waals surface area contributed by atoms with E-state index in [9.17, 15) is 0 Å². The van der Waals surface area contributed by atoms with Crippen molar-refractivity contribution in [1.29, 1.82) is 0 Å². The van der Waals surface area contributed by atoms with Crippen molar-refractivity contribution in [1.82, 2.24) is 9.55 Å². The number of pyridine rings is 1. The highest BCUT2D eigenvalue weighted by molar-refractivity contribution is 6.25. The van der Waals surface area contributed by atoms with Gasteiger partial charge in [-0.25, -0.2) is 4.98 Å². The van der Waals surface area contributed by atoms with E-state index >= 15 is 0 Å². The van der Waals surface area contributed by atoms with Gasteiger partial charge >= 0.3 is 0 Å². The van der Waals surface area contributed by atoms with Gasteiger partial charge in [0.05, 0.1) is 22.4 Å². The molecule has 0 aliphatic rings. The van der Waals surface area contributed by atoms with Crippen LogP contribution in [0, 0.1) is 0 Å². The predicted octanol–water partition coefficient (Wildman–Crippen LogP) is 17.1. The second kappa shape index (κ2) is 15.0. The Morgan fingerprint density at radius 3 is 1.42 bits per heavy atom. The molecule has 0 fully saturated rings. The fraction of sp³-hybridized carbons (Fsp3) is 0. The van der Waals surface area contributed by atoms with Gasteiger partial charge in [0.2, 0.25) is 0 Å². The lowest BCUT2D eigenvalue weighted by Gasteiger charge is -2.16. The minimum atomic E-state index is 0.917. The molecule has 2 heteroatoms. The topological polar surface area (TPSA) is 17.8 Å². The summed E-state index contributed by atoms with van der Waals surface area (Å²) in [5.74, 6) is 0. The van der Waals surface area contributed by atoms with Crippen LogP contribution in [0.3, 0.4) is 0 Å². The highest BCUT2D eigenvalue weighted by atomic mass is 15.0. The van der Waals surface area contributed by atoms with E-state index in [2.05, 4.69) is 247 Å². The van der Waals surface area contributed by atoms with E-state index in [-0.39, 0.29) is 0 Å². The Balaban J connectivity index is 1.10. The van der Waals surface area contributed by atoms with Crippen molar-refractivity contribution in [2.45, 2.75) is 0 Å². The molecule has 0 bridgehead atoms. The van der Waals surface area contributed by atoms with E-state index in [1.165, 1.54) is 65.0 Å². The van der Waals surface area contributed by atoms with E-state index in [0.717, 1.165) is 61.5 Å². The van der Waals surface area contributed by atoms with Crippen molar-refractivity contribution in [2.75, 3.05) is 0 Å². The highest BCUT2D eigenvalue weighted by Gasteiger charge is 2.18. The van der Waals surface area contributed by atoms with Gasteiger partial charge in [0.1, 0.15) is 0 Å². The zero-order valence-electron chi connectivity index (χ0n) is 35.5. The van der Waals surface area contributed by atoms with Gasteiger partial charge in [-0.1, -0.05) is 188 Å². The monoisotopic (exact) mass is 824 g/mol. The predicted molar refractivity (Wildman–Crippen MR) is 276 cm³/mol. The zero-order chi connectivity index (χ0) is 42.8. The summed E-state index contributed by atoms with van der Waals surface area (Å²) in [6.07, 6.45) is 0. The fourth-order valence-electron chi connectivity index (χ4n) is 10.2. The summed E-state index contributed by atoms with van der Waals surface area (Å²) in [6, 6.07) is 88.6. The number of aromatic nitrogens is 2. The third kappa shape index (κ3) is 6.30. The Labute approximate surface area is 377 Å². The summed E-state index contributed by atoms with van der Waals surface area (Å²) >= 11 is 0. The first-order valence-corrected chi connectivity index (χ1v) is 22.3. The quantitative estimate of drug-likeness (QED) is 0.153. The van der Waals surface area contributed by atoms with Crippen LogP contribution < -0.4 is 0 Å². The molecule has 11 aromatic carbocycles. The van der Waals surface area contributed by atoms with Gasteiger partial charge in [-0.3, -0.25) is 0 Å². The molecule has 65 heavy (non-hydrogen) atoms. The smallest absolute Gasteiger partial charge is 0.0716 e. The minimum Gasteiger partial charge on any atom is -0.309 e. The van der Waals surface area contributed by atoms with E-state index < -0.39 is 0 Å². The summed E-state index contributed by atoms with van der Waals surface area (Å²) in [7, 11) is 0. The first-order valence-electron chi connectivity index (χ1n) is 22.3. The van der Waals surface area contributed by atoms with Crippen molar-refractivity contribution >= 4 is 64.9 Å². The van der Waals surface area contributed by atoms with Gasteiger partial charge in [0.15, 0.2) is 0 Å². The Morgan fingerprint density at radius 2 is 0.708 bits per heavy atom. The average Bonchev–Trinajstić information content (AvgIpc) is 3.72. The van der Waals surface area contributed by atoms with Crippen molar-refractivity contribution in [2.24, 2.45) is 0 Å². The molecule has 0 atom stereocenters. The van der Waals surface area contributed by atoms with Gasteiger partial charge in [0.25, 0.3) is 0 Å². The Morgan fingerprint density at radius 1 is 0.231 bits per heavy atom. The Bertz CT molecular complexity index is 3960. The third-order valence-corrected chi connectivity index (χ3v) is 13.3. The molecule has 0 radical (unpaired) electrons. The van der Waals surface area contributed by atoms with Crippen LogP contribution in [0.2, 0.25) is 0 Å². The molecule has 0 N–H and O–H groups in total. The minimum absolute atomic E-state index is 0.917. The summed E-state index contributed by atoms with van der Waals surface area (Å²) in [6.45, 7) is 0. The third-order valence-electron chi connectivity index (χ3n) is 13.3. The van der Waals surface area contributed by atoms with Crippen molar-refractivity contribution < 1.29 is 0 Å². The van der Waals surface area contributed by atoms with Crippen LogP contribution in [0.15, 0.2) is 243 Å². The molecule has 0 amide bonds. The lowest BCUT2D eigenvalue weighted by Crippen LogP contribution is -1.98. The number of hydrogen-bond donors (Lipinski definition) is 0. The number of nitrogens with zero attached hydrogens (tertiary/aromatic N) is 2. The van der Waals surface area contributed by atoms with Crippen molar-refractivity contribution in [3.63, 3.8) is 0 Å². The molecule has 13 aromatic rings. The maximum absolute atomic E-state index is 5.56. The van der Waals surface area contributed by atoms with Crippen LogP contribution in [0.1, 0.15) is 0 Å². The molecular formula is C63H40N2. The number of fused-ring (bicyclic) bond motifs is 10. The average molecular weight is 825 g/mol. The van der Waals surface area contributed by atoms with Gasteiger partial charge in [-0.05, 0) is 131 Å². The molecule has 2 nitrogen and oxygen atoms in total. The lowest BCUT2D eigenvalue weighted by atomic mass is 9.91. The number of benzene rings is 11. The molecule has 2 heterocycles. The molecular weight excluding hydrogens is 785 g/mol. The Kier molecular flexibility index (Phi) is 8.57. The first-order chi connectivity index (χ1) is 32.2. The molecule has 2 aromatic heterocycles. The molecule has 0 saturated carbocycles. The molecule has 0 aliphatic heterocycles. The van der Waals surface area contributed by atoms with Crippen LogP contribution in [0.25, 0.3) is 126 Å². The van der Waals surface area contributed by atoms with E-state index in [1.54, 1.807) is 0 Å². The second-order valence-electron chi connectivity index (χ2n) is 17.1. The number of rotatable bonds is 6. The first kappa shape index (κ1) is 37.0. The summed E-state index contributed by atoms with van der Waals surface area (Å²) < 4.78 is 2.46. The largest absolute Gasteiger partial charge is 0.309 e. The summed E-state index contributed by atoms with van der Waals surface area (Å²) in [4.78, 5) is 5.56. The summed E-state index contributed by atoms with van der Waals surface area (Å²) in [5.41, 5.74) is 14.3. The van der Waals surface area contributed by atoms with E-state index in [1.807, 2.05) is 0 Å². The fourth-order valence-corrected chi connectivity index (χ4v) is 10.2. The zero-order valence-corrected chi connectivity index (χ0v) is 35.5. The van der Waals surface area contributed by atoms with Crippen LogP contribution in [-0.2, 0) is 0 Å². The van der Waals surface area contributed by atoms with Crippen LogP contribution in [-0.4, -0.2) is 9.55 Å². The highest BCUT2D eigenvalue weighted by Crippen LogP contribution is 2.41. The standard InChI is InChI=1S/C63H40N2/c1-3-15-41(16-4-1)46-30-32-58-57-25-13-14-26-62(57)65(63(58)40-46)51-35-48(45-29-31-56-54-23-10-9-21-52(54)53-22-11-12-24-55(53)59(56)37-45)34-50(36-51)61-39-49(42-17-5-2-6-18-42)38-60(64-61)47-28-27-43-19-7-8-20-44(43)33-47/h1-40H. The van der Waals surface area contributed by atoms with Crippen LogP contribution in [0.5, 0.6) is 0 Å². The lowest BCUT2D eigenvalue weighted by molar-refractivity contribution is 1.18. The number of hydrogen-bond acceptors (Lipinski definition) is 1. The van der Waals surface area contributed by atoms with Crippen LogP contribution >= 0.6 is 0 Å². The van der Waals surface area contributed by atoms with Crippen molar-refractivity contribution in [3.05, 3.63) is 243 Å². The maximum Gasteiger partial charge on any atom is 0.0716 e. The van der Waals surface area contributed by atoms with Gasteiger partial charge < -0.3 is 4.57 Å². The van der Waals surface area contributed by atoms with E-state index in [4.69, 9.17) is 4.98 Å². The van der Waals surface area contributed by atoms with Gasteiger partial charge in [-0.2, -0.15) is 0 Å². The Hall–Kier alpha value is -8.59. The molecule has 0 aliphatic carbocycles. The molecule has 0 unspecified atom stereocenters. The van der Waals surface area contributed by atoms with Gasteiger partial charge in [0, 0.05) is 27.6 Å². The molecule has 13 rings (SSSR count). The SMILES string of the molecule is c1ccc(-c2cc(-c3cc(-c4ccc5c6ccccc6c6ccccc6c5c4)cc(-n4c5ccccc5c5ccc(-c6ccccc6)cc54)c3)nc(-c3ccc4ccccc4c3)c2)cc1. The maximum atomic E-state index is 5.56. The number of para-hydroxylation sites is 1.